The van der Waals surface area contributed by atoms with Crippen molar-refractivity contribution in [1.82, 2.24) is 15.1 Å². The van der Waals surface area contributed by atoms with E-state index in [1.165, 1.54) is 19.3 Å². The van der Waals surface area contributed by atoms with Crippen LogP contribution in [0.3, 0.4) is 0 Å². The van der Waals surface area contributed by atoms with Gasteiger partial charge in [-0.15, -0.1) is 0 Å². The van der Waals surface area contributed by atoms with Crippen LogP contribution in [0.4, 0.5) is 4.79 Å². The van der Waals surface area contributed by atoms with Crippen molar-refractivity contribution in [2.24, 2.45) is 5.92 Å². The van der Waals surface area contributed by atoms with Gasteiger partial charge in [-0.05, 0) is 25.8 Å². The molecule has 2 aliphatic rings. The molecule has 2 unspecified atom stereocenters. The number of likely N-dealkylation sites (N-methyl/N-ethyl adjacent to an activating group) is 1. The summed E-state index contributed by atoms with van der Waals surface area (Å²) in [6.45, 7) is 5.97. The van der Waals surface area contributed by atoms with Gasteiger partial charge in [0.1, 0.15) is 0 Å². The van der Waals surface area contributed by atoms with E-state index >= 15 is 0 Å². The molecule has 0 aromatic heterocycles. The summed E-state index contributed by atoms with van der Waals surface area (Å²) >= 11 is 0. The molecule has 0 aromatic rings. The van der Waals surface area contributed by atoms with E-state index in [1.807, 2.05) is 4.90 Å². The van der Waals surface area contributed by atoms with Gasteiger partial charge in [0.15, 0.2) is 0 Å². The molecule has 1 heterocycles. The Balaban J connectivity index is 1.79. The Morgan fingerprint density at radius 1 is 1.12 bits per heavy atom. The minimum Gasteiger partial charge on any atom is -0.335 e. The van der Waals surface area contributed by atoms with Gasteiger partial charge in [-0.25, -0.2) is 4.79 Å². The molecule has 1 aliphatic carbocycles. The normalized spacial score (nSPS) is 31.3. The first kappa shape index (κ1) is 12.7. The van der Waals surface area contributed by atoms with Crippen molar-refractivity contribution in [1.29, 1.82) is 0 Å². The summed E-state index contributed by atoms with van der Waals surface area (Å²) in [7, 11) is 2.11. The average molecular weight is 239 g/mol. The maximum absolute atomic E-state index is 12.1. The fourth-order valence-corrected chi connectivity index (χ4v) is 2.79. The zero-order valence-corrected chi connectivity index (χ0v) is 11.1. The molecule has 0 aromatic carbocycles. The van der Waals surface area contributed by atoms with Crippen molar-refractivity contribution < 1.29 is 4.79 Å². The SMILES string of the molecule is CC1CCCCC1NC(=O)N1CCN(C)CC1. The van der Waals surface area contributed by atoms with Crippen molar-refractivity contribution >= 4 is 6.03 Å². The largest absolute Gasteiger partial charge is 0.335 e. The van der Waals surface area contributed by atoms with Gasteiger partial charge < -0.3 is 15.1 Å². The monoisotopic (exact) mass is 239 g/mol. The zero-order chi connectivity index (χ0) is 12.3. The number of nitrogens with one attached hydrogen (secondary N) is 1. The van der Waals surface area contributed by atoms with Gasteiger partial charge in [-0.2, -0.15) is 0 Å². The van der Waals surface area contributed by atoms with Gasteiger partial charge >= 0.3 is 6.03 Å². The van der Waals surface area contributed by atoms with Gasteiger partial charge in [-0.1, -0.05) is 19.8 Å². The van der Waals surface area contributed by atoms with E-state index in [-0.39, 0.29) is 6.03 Å². The van der Waals surface area contributed by atoms with E-state index in [0.29, 0.717) is 12.0 Å². The first-order chi connectivity index (χ1) is 8.16. The van der Waals surface area contributed by atoms with Gasteiger partial charge in [-0.3, -0.25) is 0 Å². The zero-order valence-electron chi connectivity index (χ0n) is 11.1. The number of urea groups is 1. The number of hydrogen-bond donors (Lipinski definition) is 1. The summed E-state index contributed by atoms with van der Waals surface area (Å²) in [5, 5.41) is 3.22. The number of hydrogen-bond acceptors (Lipinski definition) is 2. The molecule has 17 heavy (non-hydrogen) atoms. The second-order valence-corrected chi connectivity index (χ2v) is 5.61. The maximum atomic E-state index is 12.1. The molecule has 1 N–H and O–H groups in total. The number of carbonyl (C=O) groups excluding carboxylic acids is 1. The van der Waals surface area contributed by atoms with E-state index < -0.39 is 0 Å². The third kappa shape index (κ3) is 3.35. The highest BCUT2D eigenvalue weighted by Crippen LogP contribution is 2.23. The standard InChI is InChI=1S/C13H25N3O/c1-11-5-3-4-6-12(11)14-13(17)16-9-7-15(2)8-10-16/h11-12H,3-10H2,1-2H3,(H,14,17). The van der Waals surface area contributed by atoms with Crippen molar-refractivity contribution in [2.75, 3.05) is 33.2 Å². The molecular weight excluding hydrogens is 214 g/mol. The molecule has 4 heteroatoms. The summed E-state index contributed by atoms with van der Waals surface area (Å²) in [5.74, 6) is 0.639. The van der Waals surface area contributed by atoms with E-state index in [4.69, 9.17) is 0 Å². The summed E-state index contributed by atoms with van der Waals surface area (Å²) in [4.78, 5) is 16.3. The highest BCUT2D eigenvalue weighted by Gasteiger charge is 2.26. The second-order valence-electron chi connectivity index (χ2n) is 5.61. The van der Waals surface area contributed by atoms with Crippen LogP contribution in [0.1, 0.15) is 32.6 Å². The topological polar surface area (TPSA) is 35.6 Å². The summed E-state index contributed by atoms with van der Waals surface area (Å²) in [6.07, 6.45) is 4.99. The lowest BCUT2D eigenvalue weighted by Gasteiger charge is -2.35. The molecule has 0 radical (unpaired) electrons. The smallest absolute Gasteiger partial charge is 0.317 e. The van der Waals surface area contributed by atoms with Crippen molar-refractivity contribution in [3.63, 3.8) is 0 Å². The van der Waals surface area contributed by atoms with Crippen LogP contribution in [0.2, 0.25) is 0 Å². The highest BCUT2D eigenvalue weighted by molar-refractivity contribution is 5.74. The molecule has 1 saturated heterocycles. The molecule has 2 rings (SSSR count). The maximum Gasteiger partial charge on any atom is 0.317 e. The Labute approximate surface area is 104 Å². The average Bonchev–Trinajstić information content (AvgIpc) is 2.33. The summed E-state index contributed by atoms with van der Waals surface area (Å²) in [5.41, 5.74) is 0. The quantitative estimate of drug-likeness (QED) is 0.753. The van der Waals surface area contributed by atoms with Gasteiger partial charge in [0, 0.05) is 32.2 Å². The predicted octanol–water partition coefficient (Wildman–Crippen LogP) is 1.52. The molecule has 2 amide bonds. The molecule has 2 atom stereocenters. The lowest BCUT2D eigenvalue weighted by atomic mass is 9.86. The van der Waals surface area contributed by atoms with Crippen LogP contribution in [0.5, 0.6) is 0 Å². The lowest BCUT2D eigenvalue weighted by Crippen LogP contribution is -2.53. The Morgan fingerprint density at radius 2 is 1.76 bits per heavy atom. The second kappa shape index (κ2) is 5.71. The van der Waals surface area contributed by atoms with Crippen LogP contribution in [-0.2, 0) is 0 Å². The van der Waals surface area contributed by atoms with Crippen LogP contribution in [0, 0.1) is 5.92 Å². The first-order valence-electron chi connectivity index (χ1n) is 6.91. The fourth-order valence-electron chi connectivity index (χ4n) is 2.79. The number of amides is 2. The minimum absolute atomic E-state index is 0.150. The van der Waals surface area contributed by atoms with E-state index in [9.17, 15) is 4.79 Å². The fraction of sp³-hybridized carbons (Fsp3) is 0.923. The number of piperazine rings is 1. The molecule has 4 nitrogen and oxygen atoms in total. The highest BCUT2D eigenvalue weighted by atomic mass is 16.2. The Bertz CT molecular complexity index is 261. The molecule has 2 fully saturated rings. The first-order valence-corrected chi connectivity index (χ1v) is 6.91. The molecule has 1 aliphatic heterocycles. The van der Waals surface area contributed by atoms with E-state index in [2.05, 4.69) is 24.2 Å². The Hall–Kier alpha value is -0.770. The summed E-state index contributed by atoms with van der Waals surface area (Å²) < 4.78 is 0. The van der Waals surface area contributed by atoms with Crippen LogP contribution < -0.4 is 5.32 Å². The Morgan fingerprint density at radius 3 is 2.41 bits per heavy atom. The van der Waals surface area contributed by atoms with Crippen molar-refractivity contribution in [3.05, 3.63) is 0 Å². The molecule has 1 saturated carbocycles. The summed E-state index contributed by atoms with van der Waals surface area (Å²) in [6, 6.07) is 0.549. The van der Waals surface area contributed by atoms with Crippen LogP contribution in [0.15, 0.2) is 0 Å². The number of nitrogens with zero attached hydrogens (tertiary/aromatic N) is 2. The predicted molar refractivity (Wildman–Crippen MR) is 69.0 cm³/mol. The van der Waals surface area contributed by atoms with E-state index in [1.54, 1.807) is 0 Å². The van der Waals surface area contributed by atoms with Gasteiger partial charge in [0.2, 0.25) is 0 Å². The van der Waals surface area contributed by atoms with Gasteiger partial charge in [0.25, 0.3) is 0 Å². The van der Waals surface area contributed by atoms with Crippen molar-refractivity contribution in [3.8, 4) is 0 Å². The van der Waals surface area contributed by atoms with Gasteiger partial charge in [0.05, 0.1) is 0 Å². The molecule has 98 valence electrons. The van der Waals surface area contributed by atoms with Crippen molar-refractivity contribution in [2.45, 2.75) is 38.6 Å². The third-order valence-electron chi connectivity index (χ3n) is 4.21. The minimum atomic E-state index is 0.150. The number of rotatable bonds is 1. The molecular formula is C13H25N3O. The third-order valence-corrected chi connectivity index (χ3v) is 4.21. The van der Waals surface area contributed by atoms with Crippen LogP contribution >= 0.6 is 0 Å². The van der Waals surface area contributed by atoms with Crippen LogP contribution in [0.25, 0.3) is 0 Å². The van der Waals surface area contributed by atoms with Crippen LogP contribution in [-0.4, -0.2) is 55.1 Å². The lowest BCUT2D eigenvalue weighted by molar-refractivity contribution is 0.145. The molecule has 0 spiro atoms. The molecule has 0 bridgehead atoms. The Kier molecular flexibility index (Phi) is 4.26. The van der Waals surface area contributed by atoms with E-state index in [0.717, 1.165) is 32.6 Å². The number of carbonyl (C=O) groups is 1.